The van der Waals surface area contributed by atoms with Gasteiger partial charge in [-0.25, -0.2) is 4.79 Å². The summed E-state index contributed by atoms with van der Waals surface area (Å²) in [4.78, 5) is 13.1. The number of likely N-dealkylation sites (N-methyl/N-ethyl adjacent to an activating group) is 1. The Kier molecular flexibility index (Phi) is 7.99. The van der Waals surface area contributed by atoms with Crippen LogP contribution in [0, 0.1) is 0 Å². The molecule has 0 aromatic carbocycles. The van der Waals surface area contributed by atoms with Crippen molar-refractivity contribution in [3.63, 3.8) is 0 Å². The van der Waals surface area contributed by atoms with Crippen molar-refractivity contribution in [2.45, 2.75) is 11.0 Å². The van der Waals surface area contributed by atoms with Gasteiger partial charge in [0.1, 0.15) is 0 Å². The summed E-state index contributed by atoms with van der Waals surface area (Å²) in [7, 11) is 3.96. The third kappa shape index (κ3) is 8.83. The zero-order valence-electron chi connectivity index (χ0n) is 9.46. The fourth-order valence-electron chi connectivity index (χ4n) is 0.674. The SMILES string of the molecule is C=C(C)C(=O)OC(I)COCCN(C)C. The Morgan fingerprint density at radius 1 is 1.53 bits per heavy atom. The molecule has 0 amide bonds. The number of rotatable bonds is 7. The van der Waals surface area contributed by atoms with Crippen LogP contribution in [0.2, 0.25) is 0 Å². The fraction of sp³-hybridized carbons (Fsp3) is 0.700. The molecule has 15 heavy (non-hydrogen) atoms. The maximum atomic E-state index is 11.1. The minimum absolute atomic E-state index is 0.256. The van der Waals surface area contributed by atoms with Crippen molar-refractivity contribution in [1.82, 2.24) is 4.90 Å². The monoisotopic (exact) mass is 327 g/mol. The van der Waals surface area contributed by atoms with Gasteiger partial charge in [0.15, 0.2) is 4.11 Å². The van der Waals surface area contributed by atoms with Crippen LogP contribution >= 0.6 is 22.6 Å². The van der Waals surface area contributed by atoms with Crippen molar-refractivity contribution in [2.24, 2.45) is 0 Å². The van der Waals surface area contributed by atoms with Gasteiger partial charge >= 0.3 is 5.97 Å². The molecule has 0 rings (SSSR count). The van der Waals surface area contributed by atoms with Crippen LogP contribution < -0.4 is 0 Å². The predicted octanol–water partition coefficient (Wildman–Crippen LogP) is 1.45. The van der Waals surface area contributed by atoms with Crippen LogP contribution in [0.25, 0.3) is 0 Å². The lowest BCUT2D eigenvalue weighted by Gasteiger charge is -2.13. The van der Waals surface area contributed by atoms with Gasteiger partial charge in [0.2, 0.25) is 0 Å². The molecule has 0 aliphatic heterocycles. The molecular formula is C10H18INO3. The highest BCUT2D eigenvalue weighted by Gasteiger charge is 2.11. The molecule has 0 heterocycles. The van der Waals surface area contributed by atoms with E-state index >= 15 is 0 Å². The molecule has 0 radical (unpaired) electrons. The van der Waals surface area contributed by atoms with Crippen LogP contribution in [0.1, 0.15) is 6.92 Å². The number of carbonyl (C=O) groups is 1. The summed E-state index contributed by atoms with van der Waals surface area (Å²) in [6.07, 6.45) is 0. The standard InChI is InChI=1S/C10H18INO3/c1-8(2)10(13)15-9(11)7-14-6-5-12(3)4/h9H,1,5-7H2,2-4H3. The second-order valence-corrected chi connectivity index (χ2v) is 4.86. The van der Waals surface area contributed by atoms with Gasteiger partial charge in [0, 0.05) is 12.1 Å². The summed E-state index contributed by atoms with van der Waals surface area (Å²) in [5.74, 6) is -0.370. The third-order valence-electron chi connectivity index (χ3n) is 1.52. The van der Waals surface area contributed by atoms with Gasteiger partial charge in [-0.05, 0) is 43.6 Å². The highest BCUT2D eigenvalue weighted by Crippen LogP contribution is 2.06. The van der Waals surface area contributed by atoms with Crippen molar-refractivity contribution in [3.05, 3.63) is 12.2 Å². The van der Waals surface area contributed by atoms with E-state index in [0.29, 0.717) is 18.8 Å². The van der Waals surface area contributed by atoms with Crippen molar-refractivity contribution >= 4 is 28.6 Å². The first-order valence-electron chi connectivity index (χ1n) is 4.66. The molecule has 0 aliphatic carbocycles. The van der Waals surface area contributed by atoms with Crippen molar-refractivity contribution in [2.75, 3.05) is 33.9 Å². The van der Waals surface area contributed by atoms with E-state index in [2.05, 4.69) is 6.58 Å². The molecule has 0 spiro atoms. The van der Waals surface area contributed by atoms with E-state index < -0.39 is 0 Å². The zero-order valence-corrected chi connectivity index (χ0v) is 11.6. The lowest BCUT2D eigenvalue weighted by Crippen LogP contribution is -2.22. The molecule has 1 unspecified atom stereocenters. The number of halogens is 1. The fourth-order valence-corrected chi connectivity index (χ4v) is 1.16. The molecule has 0 bridgehead atoms. The quantitative estimate of drug-likeness (QED) is 0.233. The molecule has 4 nitrogen and oxygen atoms in total. The van der Waals surface area contributed by atoms with Crippen molar-refractivity contribution in [3.8, 4) is 0 Å². The lowest BCUT2D eigenvalue weighted by atomic mass is 10.4. The van der Waals surface area contributed by atoms with E-state index in [1.165, 1.54) is 0 Å². The minimum Gasteiger partial charge on any atom is -0.446 e. The number of esters is 1. The van der Waals surface area contributed by atoms with E-state index in [1.807, 2.05) is 41.6 Å². The highest BCUT2D eigenvalue weighted by atomic mass is 127. The van der Waals surface area contributed by atoms with Gasteiger partial charge in [-0.15, -0.1) is 0 Å². The van der Waals surface area contributed by atoms with Crippen LogP contribution in [0.4, 0.5) is 0 Å². The number of alkyl halides is 1. The number of ether oxygens (including phenoxy) is 2. The average molecular weight is 327 g/mol. The molecule has 0 aromatic heterocycles. The highest BCUT2D eigenvalue weighted by molar-refractivity contribution is 14.1. The van der Waals surface area contributed by atoms with Gasteiger partial charge in [-0.1, -0.05) is 6.58 Å². The van der Waals surface area contributed by atoms with Crippen LogP contribution in [0.3, 0.4) is 0 Å². The first-order chi connectivity index (χ1) is 6.93. The maximum Gasteiger partial charge on any atom is 0.334 e. The summed E-state index contributed by atoms with van der Waals surface area (Å²) in [6, 6.07) is 0. The Labute approximate surface area is 105 Å². The molecular weight excluding hydrogens is 309 g/mol. The first kappa shape index (κ1) is 14.9. The first-order valence-corrected chi connectivity index (χ1v) is 5.91. The van der Waals surface area contributed by atoms with Gasteiger partial charge in [-0.2, -0.15) is 0 Å². The Morgan fingerprint density at radius 2 is 2.13 bits per heavy atom. The topological polar surface area (TPSA) is 38.8 Å². The Hall–Kier alpha value is -0.140. The summed E-state index contributed by atoms with van der Waals surface area (Å²) >= 11 is 2.02. The molecule has 0 aliphatic rings. The number of hydrogen-bond acceptors (Lipinski definition) is 4. The summed E-state index contributed by atoms with van der Waals surface area (Å²) in [5, 5.41) is 0. The minimum atomic E-state index is -0.370. The van der Waals surface area contributed by atoms with Gasteiger partial charge in [0.05, 0.1) is 13.2 Å². The van der Waals surface area contributed by atoms with E-state index in [9.17, 15) is 4.79 Å². The zero-order chi connectivity index (χ0) is 11.8. The molecule has 0 fully saturated rings. The molecule has 0 saturated carbocycles. The third-order valence-corrected chi connectivity index (χ3v) is 2.13. The second-order valence-electron chi connectivity index (χ2n) is 3.47. The molecule has 88 valence electrons. The Balaban J connectivity index is 3.53. The smallest absolute Gasteiger partial charge is 0.334 e. The number of nitrogens with zero attached hydrogens (tertiary/aromatic N) is 1. The normalized spacial score (nSPS) is 12.6. The summed E-state index contributed by atoms with van der Waals surface area (Å²) < 4.78 is 10.1. The van der Waals surface area contributed by atoms with Crippen LogP contribution in [0.15, 0.2) is 12.2 Å². The second kappa shape index (κ2) is 8.06. The van der Waals surface area contributed by atoms with Crippen molar-refractivity contribution < 1.29 is 14.3 Å². The molecule has 0 N–H and O–H groups in total. The molecule has 0 aromatic rings. The molecule has 5 heteroatoms. The maximum absolute atomic E-state index is 11.1. The predicted molar refractivity (Wildman–Crippen MR) is 68.1 cm³/mol. The van der Waals surface area contributed by atoms with Gasteiger partial charge in [0.25, 0.3) is 0 Å². The number of carbonyl (C=O) groups excluding carboxylic acids is 1. The average Bonchev–Trinajstić information content (AvgIpc) is 2.12. The van der Waals surface area contributed by atoms with Crippen LogP contribution in [-0.2, 0) is 14.3 Å². The van der Waals surface area contributed by atoms with E-state index in [4.69, 9.17) is 9.47 Å². The van der Waals surface area contributed by atoms with Gasteiger partial charge in [-0.3, -0.25) is 0 Å². The van der Waals surface area contributed by atoms with E-state index in [0.717, 1.165) is 6.54 Å². The lowest BCUT2D eigenvalue weighted by molar-refractivity contribution is -0.141. The summed E-state index contributed by atoms with van der Waals surface area (Å²) in [6.45, 7) is 7.03. The molecule has 0 saturated heterocycles. The van der Waals surface area contributed by atoms with E-state index in [-0.39, 0.29) is 10.1 Å². The van der Waals surface area contributed by atoms with E-state index in [1.54, 1.807) is 6.92 Å². The summed E-state index contributed by atoms with van der Waals surface area (Å²) in [5.41, 5.74) is 0.407. The largest absolute Gasteiger partial charge is 0.446 e. The van der Waals surface area contributed by atoms with Crippen LogP contribution in [-0.4, -0.2) is 48.8 Å². The molecule has 1 atom stereocenters. The van der Waals surface area contributed by atoms with Gasteiger partial charge < -0.3 is 14.4 Å². The van der Waals surface area contributed by atoms with Crippen LogP contribution in [0.5, 0.6) is 0 Å². The van der Waals surface area contributed by atoms with Crippen molar-refractivity contribution in [1.29, 1.82) is 0 Å². The number of hydrogen-bond donors (Lipinski definition) is 0. The Morgan fingerprint density at radius 3 is 2.60 bits per heavy atom. The Bertz CT molecular complexity index is 219.